The lowest BCUT2D eigenvalue weighted by Gasteiger charge is -2.15. The number of rotatable bonds is 8. The van der Waals surface area contributed by atoms with E-state index in [1.54, 1.807) is 0 Å². The molecule has 0 saturated heterocycles. The summed E-state index contributed by atoms with van der Waals surface area (Å²) in [4.78, 5) is 0. The topological polar surface area (TPSA) is 29.9 Å². The van der Waals surface area contributed by atoms with Gasteiger partial charge in [0, 0.05) is 11.7 Å². The molecule has 0 spiro atoms. The van der Waals surface area contributed by atoms with Gasteiger partial charge in [0.25, 0.3) is 0 Å². The van der Waals surface area contributed by atoms with Crippen molar-refractivity contribution in [2.75, 3.05) is 6.54 Å². The van der Waals surface area contributed by atoms with Gasteiger partial charge < -0.3 is 5.32 Å². The average Bonchev–Trinajstić information content (AvgIpc) is 3.20. The summed E-state index contributed by atoms with van der Waals surface area (Å²) in [7, 11) is 0. The van der Waals surface area contributed by atoms with Crippen LogP contribution in [0.4, 0.5) is 0 Å². The van der Waals surface area contributed by atoms with Crippen LogP contribution < -0.4 is 5.32 Å². The molecule has 1 atom stereocenters. The number of hydrogen-bond donors (Lipinski definition) is 1. The Morgan fingerprint density at radius 3 is 2.40 bits per heavy atom. The maximum Gasteiger partial charge on any atom is 0.0657 e. The Morgan fingerprint density at radius 1 is 1.20 bits per heavy atom. The van der Waals surface area contributed by atoms with Gasteiger partial charge in [-0.1, -0.05) is 27.7 Å². The highest BCUT2D eigenvalue weighted by molar-refractivity contribution is 5.28. The predicted molar refractivity (Wildman–Crippen MR) is 85.3 cm³/mol. The van der Waals surface area contributed by atoms with Crippen molar-refractivity contribution in [1.29, 1.82) is 0 Å². The van der Waals surface area contributed by atoms with E-state index in [2.05, 4.69) is 44.6 Å². The zero-order valence-electron chi connectivity index (χ0n) is 13.9. The molecule has 3 heteroatoms. The summed E-state index contributed by atoms with van der Waals surface area (Å²) in [5.41, 5.74) is 4.31. The molecule has 0 amide bonds. The zero-order valence-corrected chi connectivity index (χ0v) is 13.9. The molecular formula is C17H31N3. The zero-order chi connectivity index (χ0) is 14.7. The molecule has 1 aromatic heterocycles. The van der Waals surface area contributed by atoms with Crippen LogP contribution in [0.3, 0.4) is 0 Å². The Kier molecular flexibility index (Phi) is 5.25. The predicted octanol–water partition coefficient (Wildman–Crippen LogP) is 3.52. The molecule has 0 bridgehead atoms. The highest BCUT2D eigenvalue weighted by Gasteiger charge is 2.31. The minimum atomic E-state index is 0.561. The third kappa shape index (κ3) is 3.43. The quantitative estimate of drug-likeness (QED) is 0.788. The maximum absolute atomic E-state index is 4.95. The summed E-state index contributed by atoms with van der Waals surface area (Å²) in [5.74, 6) is 0.867. The van der Waals surface area contributed by atoms with Crippen molar-refractivity contribution < 1.29 is 0 Å². The number of nitrogens with zero attached hydrogens (tertiary/aromatic N) is 2. The Balaban J connectivity index is 2.19. The Morgan fingerprint density at radius 2 is 1.90 bits per heavy atom. The van der Waals surface area contributed by atoms with E-state index in [1.165, 1.54) is 29.8 Å². The van der Waals surface area contributed by atoms with Gasteiger partial charge in [0.2, 0.25) is 0 Å². The van der Waals surface area contributed by atoms with E-state index in [0.717, 1.165) is 31.7 Å². The van der Waals surface area contributed by atoms with Crippen molar-refractivity contribution in [3.05, 3.63) is 17.0 Å². The van der Waals surface area contributed by atoms with Crippen LogP contribution in [0.2, 0.25) is 0 Å². The standard InChI is InChI=1S/C17H31N3/c1-6-16-15(10-11-18-12(3)4)17(7-2)20(19-16)13(5)14-8-9-14/h12-14,18H,6-11H2,1-5H3. The van der Waals surface area contributed by atoms with Crippen LogP contribution in [0, 0.1) is 5.92 Å². The van der Waals surface area contributed by atoms with Gasteiger partial charge in [-0.15, -0.1) is 0 Å². The molecular weight excluding hydrogens is 246 g/mol. The van der Waals surface area contributed by atoms with E-state index in [0.29, 0.717) is 12.1 Å². The number of nitrogens with one attached hydrogen (secondary N) is 1. The molecule has 1 aromatic rings. The molecule has 0 radical (unpaired) electrons. The molecule has 0 aromatic carbocycles. The fraction of sp³-hybridized carbons (Fsp3) is 0.824. The second kappa shape index (κ2) is 6.75. The van der Waals surface area contributed by atoms with Crippen molar-refractivity contribution in [2.24, 2.45) is 5.92 Å². The average molecular weight is 277 g/mol. The van der Waals surface area contributed by atoms with E-state index in [1.807, 2.05) is 0 Å². The first kappa shape index (κ1) is 15.6. The van der Waals surface area contributed by atoms with Crippen LogP contribution >= 0.6 is 0 Å². The van der Waals surface area contributed by atoms with E-state index in [4.69, 9.17) is 5.10 Å². The third-order valence-electron chi connectivity index (χ3n) is 4.49. The third-order valence-corrected chi connectivity index (χ3v) is 4.49. The summed E-state index contributed by atoms with van der Waals surface area (Å²) in [6.07, 6.45) is 6.03. The van der Waals surface area contributed by atoms with E-state index < -0.39 is 0 Å². The molecule has 1 fully saturated rings. The number of aromatic nitrogens is 2. The summed E-state index contributed by atoms with van der Waals surface area (Å²) in [6, 6.07) is 1.15. The lowest BCUT2D eigenvalue weighted by Crippen LogP contribution is -2.25. The number of aryl methyl sites for hydroxylation is 1. The minimum absolute atomic E-state index is 0.561. The van der Waals surface area contributed by atoms with Crippen LogP contribution in [0.5, 0.6) is 0 Å². The van der Waals surface area contributed by atoms with Gasteiger partial charge in [0.15, 0.2) is 0 Å². The van der Waals surface area contributed by atoms with E-state index >= 15 is 0 Å². The van der Waals surface area contributed by atoms with Gasteiger partial charge >= 0.3 is 0 Å². The molecule has 2 rings (SSSR count). The lowest BCUT2D eigenvalue weighted by atomic mass is 10.1. The second-order valence-corrected chi connectivity index (χ2v) is 6.46. The summed E-state index contributed by atoms with van der Waals surface area (Å²) in [6.45, 7) is 12.3. The summed E-state index contributed by atoms with van der Waals surface area (Å²) in [5, 5.41) is 8.48. The van der Waals surface area contributed by atoms with Gasteiger partial charge in [-0.25, -0.2) is 0 Å². The summed E-state index contributed by atoms with van der Waals surface area (Å²) < 4.78 is 2.35. The highest BCUT2D eigenvalue weighted by atomic mass is 15.3. The van der Waals surface area contributed by atoms with Crippen molar-refractivity contribution in [1.82, 2.24) is 15.1 Å². The van der Waals surface area contributed by atoms with Crippen LogP contribution in [-0.4, -0.2) is 22.4 Å². The Hall–Kier alpha value is -0.830. The molecule has 114 valence electrons. The highest BCUT2D eigenvalue weighted by Crippen LogP contribution is 2.40. The monoisotopic (exact) mass is 277 g/mol. The van der Waals surface area contributed by atoms with Crippen LogP contribution in [0.15, 0.2) is 0 Å². The first-order valence-electron chi connectivity index (χ1n) is 8.40. The van der Waals surface area contributed by atoms with Gasteiger partial charge in [0.05, 0.1) is 11.7 Å². The Bertz CT molecular complexity index is 430. The molecule has 1 aliphatic rings. The SMILES string of the molecule is CCc1nn(C(C)C2CC2)c(CC)c1CCNC(C)C. The van der Waals surface area contributed by atoms with Crippen molar-refractivity contribution in [3.8, 4) is 0 Å². The van der Waals surface area contributed by atoms with Crippen LogP contribution in [0.1, 0.15) is 70.5 Å². The van der Waals surface area contributed by atoms with Crippen molar-refractivity contribution >= 4 is 0 Å². The molecule has 20 heavy (non-hydrogen) atoms. The van der Waals surface area contributed by atoms with E-state index in [9.17, 15) is 0 Å². The molecule has 3 nitrogen and oxygen atoms in total. The van der Waals surface area contributed by atoms with Gasteiger partial charge in [-0.2, -0.15) is 5.10 Å². The molecule has 1 N–H and O–H groups in total. The minimum Gasteiger partial charge on any atom is -0.314 e. The fourth-order valence-electron chi connectivity index (χ4n) is 3.10. The normalized spacial score (nSPS) is 16.9. The second-order valence-electron chi connectivity index (χ2n) is 6.46. The van der Waals surface area contributed by atoms with Gasteiger partial charge in [-0.3, -0.25) is 4.68 Å². The largest absolute Gasteiger partial charge is 0.314 e. The molecule has 1 heterocycles. The van der Waals surface area contributed by atoms with Crippen molar-refractivity contribution in [3.63, 3.8) is 0 Å². The molecule has 0 aliphatic heterocycles. The molecule has 1 saturated carbocycles. The van der Waals surface area contributed by atoms with Crippen molar-refractivity contribution in [2.45, 2.75) is 78.8 Å². The smallest absolute Gasteiger partial charge is 0.0657 e. The lowest BCUT2D eigenvalue weighted by molar-refractivity contribution is 0.423. The van der Waals surface area contributed by atoms with Gasteiger partial charge in [-0.05, 0) is 57.1 Å². The summed E-state index contributed by atoms with van der Waals surface area (Å²) >= 11 is 0. The van der Waals surface area contributed by atoms with Gasteiger partial charge in [0.1, 0.15) is 0 Å². The first-order valence-corrected chi connectivity index (χ1v) is 8.40. The van der Waals surface area contributed by atoms with Crippen LogP contribution in [0.25, 0.3) is 0 Å². The molecule has 1 aliphatic carbocycles. The Labute approximate surface area is 124 Å². The van der Waals surface area contributed by atoms with E-state index in [-0.39, 0.29) is 0 Å². The molecule has 1 unspecified atom stereocenters. The maximum atomic E-state index is 4.95. The number of hydrogen-bond acceptors (Lipinski definition) is 2. The van der Waals surface area contributed by atoms with Crippen LogP contribution in [-0.2, 0) is 19.3 Å². The fourth-order valence-corrected chi connectivity index (χ4v) is 3.10. The first-order chi connectivity index (χ1) is 9.58.